The van der Waals surface area contributed by atoms with Gasteiger partial charge in [-0.05, 0) is 103 Å². The quantitative estimate of drug-likeness (QED) is 0.0317. The summed E-state index contributed by atoms with van der Waals surface area (Å²) in [5.74, 6) is -6.78. The number of amides is 10. The lowest BCUT2D eigenvalue weighted by Crippen LogP contribution is -2.66. The number of carbonyl (C=O) groups is 10. The summed E-state index contributed by atoms with van der Waals surface area (Å²) in [7, 11) is 0. The first-order chi connectivity index (χ1) is 39.3. The van der Waals surface area contributed by atoms with Crippen LogP contribution in [0, 0.1) is 23.7 Å². The van der Waals surface area contributed by atoms with Crippen molar-refractivity contribution in [2.24, 2.45) is 23.7 Å². The summed E-state index contributed by atoms with van der Waals surface area (Å²) < 4.78 is 5.35. The first-order valence-electron chi connectivity index (χ1n) is 31.0. The molecule has 2 saturated heterocycles. The van der Waals surface area contributed by atoms with E-state index < -0.39 is 106 Å². The molecule has 2 rings (SSSR count). The van der Waals surface area contributed by atoms with Crippen LogP contribution >= 0.6 is 0 Å². The van der Waals surface area contributed by atoms with Crippen LogP contribution in [0.1, 0.15) is 187 Å². The van der Waals surface area contributed by atoms with Gasteiger partial charge in [0.05, 0.1) is 19.3 Å². The summed E-state index contributed by atoms with van der Waals surface area (Å²) in [4.78, 5) is 142. The van der Waals surface area contributed by atoms with Crippen LogP contribution in [0.2, 0.25) is 0 Å². The van der Waals surface area contributed by atoms with Gasteiger partial charge in [-0.1, -0.05) is 113 Å². The van der Waals surface area contributed by atoms with E-state index in [0.29, 0.717) is 52.1 Å². The van der Waals surface area contributed by atoms with Crippen LogP contribution < -0.4 is 47.9 Å². The molecule has 0 bridgehead atoms. The Bertz CT molecular complexity index is 2190. The highest BCUT2D eigenvalue weighted by atomic mass is 16.5. The van der Waals surface area contributed by atoms with Crippen LogP contribution in [0.15, 0.2) is 12.2 Å². The first-order valence-corrected chi connectivity index (χ1v) is 31.0. The van der Waals surface area contributed by atoms with E-state index in [2.05, 4.69) is 59.7 Å². The van der Waals surface area contributed by atoms with Crippen molar-refractivity contribution in [1.82, 2.24) is 57.7 Å². The van der Waals surface area contributed by atoms with Crippen LogP contribution in [-0.2, 0) is 52.7 Å². The zero-order chi connectivity index (χ0) is 63.5. The molecule has 23 nitrogen and oxygen atoms in total. The zero-order valence-corrected chi connectivity index (χ0v) is 53.6. The van der Waals surface area contributed by atoms with E-state index in [0.717, 1.165) is 51.6 Å². The van der Waals surface area contributed by atoms with Crippen molar-refractivity contribution in [1.29, 1.82) is 0 Å². The van der Waals surface area contributed by atoms with E-state index in [1.54, 1.807) is 13.8 Å². The second-order valence-electron chi connectivity index (χ2n) is 25.7. The fraction of sp³-hybridized carbons (Fsp3) is 0.803. The Morgan fingerprint density at radius 2 is 1.17 bits per heavy atom. The molecule has 2 aliphatic rings. The Balaban J connectivity index is 2.23. The topological polar surface area (TPSA) is 315 Å². The average molecular weight is 1190 g/mol. The first kappa shape index (κ1) is 74.4. The van der Waals surface area contributed by atoms with Crippen LogP contribution in [0.5, 0.6) is 0 Å². The molecule has 0 saturated carbocycles. The van der Waals surface area contributed by atoms with Crippen molar-refractivity contribution < 1.29 is 57.8 Å². The molecule has 23 heteroatoms. The number of rotatable bonds is 37. The van der Waals surface area contributed by atoms with E-state index in [9.17, 15) is 53.1 Å². The largest absolute Gasteiger partial charge is 0.390 e. The Morgan fingerprint density at radius 3 is 1.76 bits per heavy atom. The van der Waals surface area contributed by atoms with Gasteiger partial charge in [-0.3, -0.25) is 52.8 Å². The lowest BCUT2D eigenvalue weighted by atomic mass is 9.95. The van der Waals surface area contributed by atoms with Gasteiger partial charge >= 0.3 is 0 Å². The van der Waals surface area contributed by atoms with Gasteiger partial charge in [0.15, 0.2) is 0 Å². The molecular formula is C61H109N11O12. The highest BCUT2D eigenvalue weighted by Gasteiger charge is 2.42. The van der Waals surface area contributed by atoms with E-state index in [4.69, 9.17) is 4.74 Å². The molecule has 0 spiro atoms. The molecule has 0 aromatic rings. The van der Waals surface area contributed by atoms with Crippen LogP contribution in [-0.4, -0.2) is 179 Å². The maximum absolute atomic E-state index is 14.3. The van der Waals surface area contributed by atoms with Crippen molar-refractivity contribution >= 4 is 59.1 Å². The SMILES string of the molecule is CCCCCCCCC(NC(=O)[C@@H]1CCCN1C(=O)/C=C/C(C)CC)C(=O)NC(C(=O)NC(C)(C)C(=O)NC(CC(C)C)C(=O)NC(CC(C)C)C(=O)NC(C)(C)C(=O)NC(C)(C)C(=O)NCCC(=O)NCCN1CCOCC1)C(O)C(C)C. The summed E-state index contributed by atoms with van der Waals surface area (Å²) in [6.07, 6.45) is 9.65. The van der Waals surface area contributed by atoms with E-state index >= 15 is 0 Å². The summed E-state index contributed by atoms with van der Waals surface area (Å²) in [6.45, 7) is 30.0. The maximum Gasteiger partial charge on any atom is 0.246 e. The second kappa shape index (κ2) is 36.3. The number of nitrogens with one attached hydrogen (secondary N) is 9. The Kier molecular flexibility index (Phi) is 32.2. The molecule has 0 aliphatic carbocycles. The Hall–Kier alpha value is -5.68. The van der Waals surface area contributed by atoms with E-state index in [-0.39, 0.29) is 61.8 Å². The fourth-order valence-corrected chi connectivity index (χ4v) is 9.58. The molecule has 0 aromatic heterocycles. The smallest absolute Gasteiger partial charge is 0.246 e. The van der Waals surface area contributed by atoms with Gasteiger partial charge in [-0.15, -0.1) is 0 Å². The molecule has 10 N–H and O–H groups in total. The number of aliphatic hydroxyl groups excluding tert-OH is 1. The van der Waals surface area contributed by atoms with Crippen LogP contribution in [0.4, 0.5) is 0 Å². The van der Waals surface area contributed by atoms with Gasteiger partial charge < -0.3 is 62.6 Å². The molecule has 2 fully saturated rings. The second-order valence-corrected chi connectivity index (χ2v) is 25.7. The summed E-state index contributed by atoms with van der Waals surface area (Å²) in [6, 6.07) is -5.93. The van der Waals surface area contributed by atoms with Crippen molar-refractivity contribution in [2.75, 3.05) is 52.5 Å². The number of hydrogen-bond acceptors (Lipinski definition) is 13. The normalized spacial score (nSPS) is 17.4. The molecule has 480 valence electrons. The number of allylic oxidation sites excluding steroid dienone is 1. The molecule has 0 radical (unpaired) electrons. The minimum atomic E-state index is -1.76. The number of aliphatic hydroxyl groups is 1. The third-order valence-corrected chi connectivity index (χ3v) is 15.3. The third-order valence-electron chi connectivity index (χ3n) is 15.3. The third kappa shape index (κ3) is 26.3. The van der Waals surface area contributed by atoms with Crippen molar-refractivity contribution in [2.45, 2.75) is 240 Å². The van der Waals surface area contributed by atoms with E-state index in [1.165, 1.54) is 52.5 Å². The van der Waals surface area contributed by atoms with Crippen molar-refractivity contribution in [3.8, 4) is 0 Å². The number of unbranched alkanes of at least 4 members (excludes halogenated alkanes) is 5. The van der Waals surface area contributed by atoms with Crippen LogP contribution in [0.25, 0.3) is 0 Å². The molecule has 2 aliphatic heterocycles. The number of likely N-dealkylation sites (tertiary alicyclic amines) is 1. The molecule has 2 heterocycles. The number of hydrogen-bond donors (Lipinski definition) is 10. The number of nitrogens with zero attached hydrogens (tertiary/aromatic N) is 2. The molecule has 10 amide bonds. The lowest BCUT2D eigenvalue weighted by molar-refractivity contribution is -0.140. The van der Waals surface area contributed by atoms with Gasteiger partial charge in [0.1, 0.15) is 46.8 Å². The van der Waals surface area contributed by atoms with Gasteiger partial charge in [-0.2, -0.15) is 0 Å². The summed E-state index contributed by atoms with van der Waals surface area (Å²) in [5.41, 5.74) is -4.82. The fourth-order valence-electron chi connectivity index (χ4n) is 9.58. The standard InChI is InChI=1S/C61H109N11O12/c1-16-18-19-20-21-22-24-43(64-54(79)46-25-23-31-72(46)48(74)27-26-42(9)17-2)51(76)67-49(50(75)41(7)8)55(80)69-60(12,13)57(82)66-44(37-39(3)4)52(77)65-45(38-40(5)6)53(78)68-61(14,15)58(83)70-59(10,11)56(81)63-29-28-47(73)62-30-32-71-33-35-84-36-34-71/h26-27,39-46,49-50,75H,16-25,28-38H2,1-15H3,(H,62,73)(H,63,81)(H,64,79)(H,65,77)(H,66,82)(H,67,76)(H,68,78)(H,69,80)(H,70,83)/b27-26+/t42?,43?,44?,45?,46-,49?,50?/m0/s1. The molecule has 84 heavy (non-hydrogen) atoms. The van der Waals surface area contributed by atoms with Crippen LogP contribution in [0.3, 0.4) is 0 Å². The molecular weight excluding hydrogens is 1080 g/mol. The minimum Gasteiger partial charge on any atom is -0.390 e. The predicted molar refractivity (Wildman–Crippen MR) is 323 cm³/mol. The molecule has 7 atom stereocenters. The van der Waals surface area contributed by atoms with Gasteiger partial charge in [0.2, 0.25) is 59.1 Å². The lowest BCUT2D eigenvalue weighted by Gasteiger charge is -2.34. The van der Waals surface area contributed by atoms with Gasteiger partial charge in [0.25, 0.3) is 0 Å². The highest BCUT2D eigenvalue weighted by molar-refractivity contribution is 6.00. The summed E-state index contributed by atoms with van der Waals surface area (Å²) >= 11 is 0. The average Bonchev–Trinajstić information content (AvgIpc) is 4.08. The predicted octanol–water partition coefficient (Wildman–Crippen LogP) is 3.02. The number of carbonyl (C=O) groups excluding carboxylic acids is 10. The number of morpholine rings is 1. The molecule has 0 aromatic carbocycles. The van der Waals surface area contributed by atoms with Crippen molar-refractivity contribution in [3.63, 3.8) is 0 Å². The zero-order valence-electron chi connectivity index (χ0n) is 53.6. The van der Waals surface area contributed by atoms with E-state index in [1.807, 2.05) is 47.6 Å². The highest BCUT2D eigenvalue weighted by Crippen LogP contribution is 2.21. The Morgan fingerprint density at radius 1 is 0.607 bits per heavy atom. The van der Waals surface area contributed by atoms with Crippen molar-refractivity contribution in [3.05, 3.63) is 12.2 Å². The molecule has 6 unspecified atom stereocenters. The Labute approximate surface area is 501 Å². The maximum atomic E-state index is 14.3. The number of ether oxygens (including phenoxy) is 1. The summed E-state index contributed by atoms with van der Waals surface area (Å²) in [5, 5.41) is 36.2. The van der Waals surface area contributed by atoms with Gasteiger partial charge in [-0.25, -0.2) is 0 Å². The minimum absolute atomic E-state index is 0.0258. The monoisotopic (exact) mass is 1190 g/mol. The van der Waals surface area contributed by atoms with Gasteiger partial charge in [0, 0.05) is 45.7 Å².